The second kappa shape index (κ2) is 8.78. The van der Waals surface area contributed by atoms with Crippen LogP contribution in [0.5, 0.6) is 11.5 Å². The maximum absolute atomic E-state index is 12.7. The van der Waals surface area contributed by atoms with Gasteiger partial charge in [-0.05, 0) is 50.3 Å². The molecular formula is C24H28N2O4. The quantitative estimate of drug-likeness (QED) is 0.705. The van der Waals surface area contributed by atoms with Crippen molar-refractivity contribution in [2.24, 2.45) is 10.9 Å². The number of aliphatic imine (C=N–C) groups is 1. The van der Waals surface area contributed by atoms with Gasteiger partial charge in [-0.3, -0.25) is 4.99 Å². The molecule has 1 aromatic carbocycles. The number of hydrogen-bond donors (Lipinski definition) is 1. The lowest BCUT2D eigenvalue weighted by Crippen LogP contribution is -2.36. The van der Waals surface area contributed by atoms with E-state index in [0.29, 0.717) is 23.7 Å². The first-order chi connectivity index (χ1) is 14.7. The average Bonchev–Trinajstić information content (AvgIpc) is 2.79. The third-order valence-corrected chi connectivity index (χ3v) is 5.96. The lowest BCUT2D eigenvalue weighted by Gasteiger charge is -2.38. The van der Waals surface area contributed by atoms with Crippen molar-refractivity contribution in [1.82, 2.24) is 0 Å². The molecule has 0 amide bonds. The van der Waals surface area contributed by atoms with Crippen LogP contribution < -0.4 is 14.8 Å². The molecule has 1 heterocycles. The van der Waals surface area contributed by atoms with Crippen molar-refractivity contribution in [3.05, 3.63) is 52.8 Å². The van der Waals surface area contributed by atoms with Crippen molar-refractivity contribution in [1.29, 1.82) is 0 Å². The van der Waals surface area contributed by atoms with Crippen LogP contribution in [-0.4, -0.2) is 39.1 Å². The maximum atomic E-state index is 12.7. The molecule has 158 valence electrons. The minimum Gasteiger partial charge on any atom is -0.493 e. The molecule has 0 aromatic heterocycles. The molecule has 0 saturated heterocycles. The van der Waals surface area contributed by atoms with Crippen LogP contribution in [0, 0.1) is 5.92 Å². The molecule has 6 heteroatoms. The van der Waals surface area contributed by atoms with Gasteiger partial charge in [0.15, 0.2) is 11.5 Å². The van der Waals surface area contributed by atoms with E-state index >= 15 is 0 Å². The summed E-state index contributed by atoms with van der Waals surface area (Å²) in [7, 11) is 3.22. The van der Waals surface area contributed by atoms with E-state index in [-0.39, 0.29) is 17.9 Å². The zero-order chi connectivity index (χ0) is 21.1. The molecule has 3 aliphatic rings. The summed E-state index contributed by atoms with van der Waals surface area (Å²) in [5.74, 6) is 1.04. The Hall–Kier alpha value is -3.02. The van der Waals surface area contributed by atoms with Crippen molar-refractivity contribution < 1.29 is 19.0 Å². The highest BCUT2D eigenvalue weighted by Gasteiger charge is 2.38. The number of rotatable bonds is 6. The van der Waals surface area contributed by atoms with Crippen molar-refractivity contribution >= 4 is 17.9 Å². The summed E-state index contributed by atoms with van der Waals surface area (Å²) in [4.78, 5) is 17.5. The number of anilines is 1. The van der Waals surface area contributed by atoms with E-state index in [9.17, 15) is 4.79 Å². The largest absolute Gasteiger partial charge is 0.493 e. The summed E-state index contributed by atoms with van der Waals surface area (Å²) in [6.07, 6.45) is 10.3. The highest BCUT2D eigenvalue weighted by atomic mass is 16.5. The van der Waals surface area contributed by atoms with Gasteiger partial charge >= 0.3 is 5.97 Å². The number of esters is 1. The first-order valence-electron chi connectivity index (χ1n) is 10.5. The highest BCUT2D eigenvalue weighted by Crippen LogP contribution is 2.43. The molecule has 0 bridgehead atoms. The monoisotopic (exact) mass is 408 g/mol. The van der Waals surface area contributed by atoms with Crippen molar-refractivity contribution in [3.63, 3.8) is 0 Å². The summed E-state index contributed by atoms with van der Waals surface area (Å²) in [6.45, 7) is 2.14. The standard InChI is InChI=1S/C24H28N2O4/c1-4-30-24(27)19-14-25-22-17-8-6-5-7-15(17)9-11-18(22)23(19)26-16-10-12-20(28-2)21(13-16)29-3/h6,8,10,12-14,18,22,26H,4-5,7,9,11H2,1-3H3. The topological polar surface area (TPSA) is 69.2 Å². The van der Waals surface area contributed by atoms with Crippen LogP contribution in [0.3, 0.4) is 0 Å². The Morgan fingerprint density at radius 3 is 2.80 bits per heavy atom. The van der Waals surface area contributed by atoms with Gasteiger partial charge in [-0.1, -0.05) is 17.7 Å². The zero-order valence-corrected chi connectivity index (χ0v) is 17.7. The Balaban J connectivity index is 1.72. The van der Waals surface area contributed by atoms with Crippen LogP contribution in [0.1, 0.15) is 32.6 Å². The average molecular weight is 408 g/mol. The molecule has 4 rings (SSSR count). The van der Waals surface area contributed by atoms with Gasteiger partial charge in [0.1, 0.15) is 0 Å². The van der Waals surface area contributed by atoms with E-state index in [0.717, 1.165) is 37.1 Å². The zero-order valence-electron chi connectivity index (χ0n) is 17.7. The number of nitrogens with one attached hydrogen (secondary N) is 1. The van der Waals surface area contributed by atoms with Gasteiger partial charge in [0.25, 0.3) is 0 Å². The van der Waals surface area contributed by atoms with Crippen molar-refractivity contribution in [2.45, 2.75) is 38.6 Å². The predicted molar refractivity (Wildman–Crippen MR) is 117 cm³/mol. The van der Waals surface area contributed by atoms with Crippen LogP contribution >= 0.6 is 0 Å². The van der Waals surface area contributed by atoms with Gasteiger partial charge in [-0.2, -0.15) is 0 Å². The van der Waals surface area contributed by atoms with Gasteiger partial charge in [0.05, 0.1) is 32.4 Å². The second-order valence-corrected chi connectivity index (χ2v) is 7.61. The number of hydrogen-bond acceptors (Lipinski definition) is 6. The van der Waals surface area contributed by atoms with Gasteiger partial charge < -0.3 is 19.5 Å². The summed E-state index contributed by atoms with van der Waals surface area (Å²) in [6, 6.07) is 5.69. The first kappa shape index (κ1) is 20.3. The summed E-state index contributed by atoms with van der Waals surface area (Å²) >= 11 is 0. The Labute approximate surface area is 177 Å². The Bertz CT molecular complexity index is 958. The Kier molecular flexibility index (Phi) is 5.93. The van der Waals surface area contributed by atoms with Crippen molar-refractivity contribution in [3.8, 4) is 11.5 Å². The van der Waals surface area contributed by atoms with E-state index in [1.807, 2.05) is 25.1 Å². The fourth-order valence-corrected chi connectivity index (χ4v) is 4.52. The maximum Gasteiger partial charge on any atom is 0.341 e. The van der Waals surface area contributed by atoms with Crippen LogP contribution in [0.15, 0.2) is 57.8 Å². The van der Waals surface area contributed by atoms with E-state index in [4.69, 9.17) is 19.2 Å². The fourth-order valence-electron chi connectivity index (χ4n) is 4.52. The number of carbonyl (C=O) groups is 1. The number of allylic oxidation sites excluding steroid dienone is 2. The number of fused-ring (bicyclic) bond motifs is 2. The number of nitrogens with zero attached hydrogens (tertiary/aromatic N) is 1. The van der Waals surface area contributed by atoms with Crippen LogP contribution in [-0.2, 0) is 9.53 Å². The molecule has 1 aliphatic heterocycles. The van der Waals surface area contributed by atoms with Gasteiger partial charge in [0, 0.05) is 29.6 Å². The third kappa shape index (κ3) is 3.74. The minimum atomic E-state index is -0.346. The molecule has 0 fully saturated rings. The predicted octanol–water partition coefficient (Wildman–Crippen LogP) is 4.44. The highest BCUT2D eigenvalue weighted by molar-refractivity contribution is 6.11. The first-order valence-corrected chi connectivity index (χ1v) is 10.5. The third-order valence-electron chi connectivity index (χ3n) is 5.96. The summed E-state index contributed by atoms with van der Waals surface area (Å²) in [5.41, 5.74) is 5.00. The number of dihydropyridines is 1. The van der Waals surface area contributed by atoms with E-state index in [1.165, 1.54) is 11.1 Å². The van der Waals surface area contributed by atoms with E-state index < -0.39 is 0 Å². The van der Waals surface area contributed by atoms with Gasteiger partial charge in [-0.15, -0.1) is 0 Å². The lowest BCUT2D eigenvalue weighted by atomic mass is 9.73. The molecule has 2 atom stereocenters. The second-order valence-electron chi connectivity index (χ2n) is 7.61. The summed E-state index contributed by atoms with van der Waals surface area (Å²) < 4.78 is 16.1. The molecule has 2 unspecified atom stereocenters. The number of carbonyl (C=O) groups excluding carboxylic acids is 1. The molecule has 6 nitrogen and oxygen atoms in total. The van der Waals surface area contributed by atoms with Crippen molar-refractivity contribution in [2.75, 3.05) is 26.1 Å². The molecule has 1 N–H and O–H groups in total. The Morgan fingerprint density at radius 1 is 1.20 bits per heavy atom. The SMILES string of the molecule is CCOC(=O)C1=C(Nc2ccc(OC)c(OC)c2)C2CCC3=C(C=CCC3)C2N=C1. The van der Waals surface area contributed by atoms with Crippen LogP contribution in [0.25, 0.3) is 0 Å². The van der Waals surface area contributed by atoms with Crippen LogP contribution in [0.4, 0.5) is 5.69 Å². The Morgan fingerprint density at radius 2 is 2.03 bits per heavy atom. The van der Waals surface area contributed by atoms with Crippen LogP contribution in [0.2, 0.25) is 0 Å². The fraction of sp³-hybridized carbons (Fsp3) is 0.417. The minimum absolute atomic E-state index is 0.0334. The number of methoxy groups -OCH3 is 2. The molecule has 0 spiro atoms. The lowest BCUT2D eigenvalue weighted by molar-refractivity contribution is -0.137. The number of ether oxygens (including phenoxy) is 3. The molecular weight excluding hydrogens is 380 g/mol. The molecule has 2 aliphatic carbocycles. The molecule has 1 aromatic rings. The van der Waals surface area contributed by atoms with Gasteiger partial charge in [0.2, 0.25) is 0 Å². The number of benzene rings is 1. The smallest absolute Gasteiger partial charge is 0.341 e. The molecule has 0 saturated carbocycles. The summed E-state index contributed by atoms with van der Waals surface area (Å²) in [5, 5.41) is 3.50. The molecule has 30 heavy (non-hydrogen) atoms. The normalized spacial score (nSPS) is 22.4. The van der Waals surface area contributed by atoms with Gasteiger partial charge in [-0.25, -0.2) is 4.79 Å². The molecule has 0 radical (unpaired) electrons. The van der Waals surface area contributed by atoms with E-state index in [1.54, 1.807) is 20.4 Å². The van der Waals surface area contributed by atoms with E-state index in [2.05, 4.69) is 17.5 Å².